The molecule has 0 bridgehead atoms. The largest absolute Gasteiger partial charge is 0.497 e. The average Bonchev–Trinajstić information content (AvgIpc) is 2.53. The second-order valence-electron chi connectivity index (χ2n) is 4.31. The monoisotopic (exact) mass is 287 g/mol. The van der Waals surface area contributed by atoms with E-state index in [9.17, 15) is 9.50 Å². The zero-order valence-corrected chi connectivity index (χ0v) is 11.5. The molecule has 0 radical (unpaired) electrons. The molecule has 0 atom stereocenters. The number of rotatable bonds is 5. The lowest BCUT2D eigenvalue weighted by Crippen LogP contribution is -2.02. The Kier molecular flexibility index (Phi) is 4.75. The summed E-state index contributed by atoms with van der Waals surface area (Å²) in [4.78, 5) is 0. The first-order chi connectivity index (χ1) is 10.2. The minimum absolute atomic E-state index is 0.0202. The quantitative estimate of drug-likeness (QED) is 0.918. The normalized spacial score (nSPS) is 10.0. The Morgan fingerprint density at radius 1 is 1.24 bits per heavy atom. The van der Waals surface area contributed by atoms with Gasteiger partial charge in [-0.1, -0.05) is 12.1 Å². The molecule has 2 rings (SSSR count). The van der Waals surface area contributed by atoms with Gasteiger partial charge in [-0.25, -0.2) is 4.39 Å². The predicted molar refractivity (Wildman–Crippen MR) is 74.4 cm³/mol. The number of halogens is 1. The summed E-state index contributed by atoms with van der Waals surface area (Å²) in [5.41, 5.74) is 0.813. The van der Waals surface area contributed by atoms with Crippen LogP contribution in [0, 0.1) is 17.1 Å². The highest BCUT2D eigenvalue weighted by atomic mass is 19.1. The molecule has 0 unspecified atom stereocenters. The molecular weight excluding hydrogens is 273 g/mol. The Labute approximate surface area is 122 Å². The van der Waals surface area contributed by atoms with Crippen molar-refractivity contribution in [2.45, 2.75) is 13.2 Å². The lowest BCUT2D eigenvalue weighted by atomic mass is 10.1. The van der Waals surface area contributed by atoms with Crippen molar-refractivity contribution < 1.29 is 19.0 Å². The van der Waals surface area contributed by atoms with Crippen molar-refractivity contribution in [3.63, 3.8) is 0 Å². The maximum absolute atomic E-state index is 13.9. The van der Waals surface area contributed by atoms with Gasteiger partial charge in [0, 0.05) is 11.1 Å². The third-order valence-corrected chi connectivity index (χ3v) is 3.02. The number of nitrogens with zero attached hydrogens (tertiary/aromatic N) is 1. The van der Waals surface area contributed by atoms with Crippen LogP contribution in [-0.2, 0) is 13.2 Å². The van der Waals surface area contributed by atoms with E-state index in [-0.39, 0.29) is 24.3 Å². The summed E-state index contributed by atoms with van der Waals surface area (Å²) in [6.07, 6.45) is 0. The van der Waals surface area contributed by atoms with Gasteiger partial charge in [0.25, 0.3) is 0 Å². The zero-order valence-electron chi connectivity index (χ0n) is 11.5. The lowest BCUT2D eigenvalue weighted by Gasteiger charge is -2.12. The Hall–Kier alpha value is -2.58. The Morgan fingerprint density at radius 3 is 2.71 bits per heavy atom. The van der Waals surface area contributed by atoms with E-state index in [2.05, 4.69) is 0 Å². The lowest BCUT2D eigenvalue weighted by molar-refractivity contribution is 0.256. The molecule has 108 valence electrons. The van der Waals surface area contributed by atoms with Crippen LogP contribution < -0.4 is 9.47 Å². The number of nitriles is 1. The molecule has 1 N–H and O–H groups in total. The first-order valence-electron chi connectivity index (χ1n) is 6.27. The van der Waals surface area contributed by atoms with Gasteiger partial charge in [0.2, 0.25) is 0 Å². The van der Waals surface area contributed by atoms with Crippen molar-refractivity contribution in [3.05, 3.63) is 58.9 Å². The highest BCUT2D eigenvalue weighted by Gasteiger charge is 2.10. The molecule has 0 aliphatic heterocycles. The molecule has 0 aliphatic rings. The third kappa shape index (κ3) is 3.30. The van der Waals surface area contributed by atoms with Crippen molar-refractivity contribution in [1.82, 2.24) is 0 Å². The topological polar surface area (TPSA) is 62.5 Å². The smallest absolute Gasteiger partial charge is 0.147 e. The van der Waals surface area contributed by atoms with Crippen LogP contribution in [0.15, 0.2) is 36.4 Å². The maximum atomic E-state index is 13.9. The molecule has 4 nitrogen and oxygen atoms in total. The summed E-state index contributed by atoms with van der Waals surface area (Å²) in [6, 6.07) is 11.3. The fourth-order valence-corrected chi connectivity index (χ4v) is 1.88. The number of benzene rings is 2. The first kappa shape index (κ1) is 14.8. The number of hydrogen-bond donors (Lipinski definition) is 1. The molecule has 2 aromatic carbocycles. The van der Waals surface area contributed by atoms with E-state index < -0.39 is 5.82 Å². The van der Waals surface area contributed by atoms with Gasteiger partial charge in [-0.05, 0) is 24.3 Å². The second kappa shape index (κ2) is 6.73. The van der Waals surface area contributed by atoms with Crippen LogP contribution in [0.3, 0.4) is 0 Å². The molecule has 0 saturated heterocycles. The average molecular weight is 287 g/mol. The molecule has 0 heterocycles. The van der Waals surface area contributed by atoms with Crippen LogP contribution in [0.2, 0.25) is 0 Å². The summed E-state index contributed by atoms with van der Waals surface area (Å²) in [5.74, 6) is 0.461. The molecular formula is C16H14FNO3. The van der Waals surface area contributed by atoms with Crippen LogP contribution >= 0.6 is 0 Å². The van der Waals surface area contributed by atoms with E-state index >= 15 is 0 Å². The van der Waals surface area contributed by atoms with Crippen LogP contribution in [0.25, 0.3) is 0 Å². The summed E-state index contributed by atoms with van der Waals surface area (Å²) >= 11 is 0. The molecule has 5 heteroatoms. The summed E-state index contributed by atoms with van der Waals surface area (Å²) < 4.78 is 24.5. The third-order valence-electron chi connectivity index (χ3n) is 3.02. The highest BCUT2D eigenvalue weighted by molar-refractivity contribution is 5.40. The van der Waals surface area contributed by atoms with Gasteiger partial charge >= 0.3 is 0 Å². The molecule has 0 amide bonds. The van der Waals surface area contributed by atoms with Gasteiger partial charge in [-0.15, -0.1) is 0 Å². The summed E-state index contributed by atoms with van der Waals surface area (Å²) in [6.45, 7) is -0.242. The standard InChI is InChI=1S/C16H14FNO3/c1-20-14-5-6-15(13(7-14)9-19)21-10-12-4-2-3-11(8-18)16(12)17/h2-7,19H,9-10H2,1H3. The van der Waals surface area contributed by atoms with Gasteiger partial charge in [0.15, 0.2) is 0 Å². The van der Waals surface area contributed by atoms with E-state index in [1.165, 1.54) is 13.2 Å². The van der Waals surface area contributed by atoms with E-state index in [1.807, 2.05) is 0 Å². The summed E-state index contributed by atoms with van der Waals surface area (Å²) in [5, 5.41) is 18.1. The SMILES string of the molecule is COc1ccc(OCc2cccc(C#N)c2F)c(CO)c1. The molecule has 0 saturated carbocycles. The van der Waals surface area contributed by atoms with E-state index in [0.717, 1.165) is 0 Å². The van der Waals surface area contributed by atoms with Gasteiger partial charge in [-0.2, -0.15) is 5.26 Å². The van der Waals surface area contributed by atoms with Crippen LogP contribution in [0.4, 0.5) is 4.39 Å². The van der Waals surface area contributed by atoms with Crippen molar-refractivity contribution in [2.24, 2.45) is 0 Å². The molecule has 2 aromatic rings. The number of aliphatic hydroxyl groups is 1. The van der Waals surface area contributed by atoms with Gasteiger partial charge in [0.05, 0.1) is 19.3 Å². The van der Waals surface area contributed by atoms with Crippen molar-refractivity contribution in [3.8, 4) is 17.6 Å². The Balaban J connectivity index is 2.19. The Bertz CT molecular complexity index is 680. The summed E-state index contributed by atoms with van der Waals surface area (Å²) in [7, 11) is 1.53. The van der Waals surface area contributed by atoms with E-state index in [1.54, 1.807) is 36.4 Å². The number of hydrogen-bond acceptors (Lipinski definition) is 4. The number of ether oxygens (including phenoxy) is 2. The number of methoxy groups -OCH3 is 1. The van der Waals surface area contributed by atoms with Crippen LogP contribution in [-0.4, -0.2) is 12.2 Å². The minimum Gasteiger partial charge on any atom is -0.497 e. The minimum atomic E-state index is -0.584. The van der Waals surface area contributed by atoms with Crippen LogP contribution in [0.1, 0.15) is 16.7 Å². The van der Waals surface area contributed by atoms with Gasteiger partial charge < -0.3 is 14.6 Å². The first-order valence-corrected chi connectivity index (χ1v) is 6.27. The fraction of sp³-hybridized carbons (Fsp3) is 0.188. The number of aliphatic hydroxyl groups excluding tert-OH is 1. The Morgan fingerprint density at radius 2 is 2.05 bits per heavy atom. The van der Waals surface area contributed by atoms with Gasteiger partial charge in [0.1, 0.15) is 30.0 Å². The van der Waals surface area contributed by atoms with Crippen LogP contribution in [0.5, 0.6) is 11.5 Å². The van der Waals surface area contributed by atoms with Crippen molar-refractivity contribution in [1.29, 1.82) is 5.26 Å². The van der Waals surface area contributed by atoms with E-state index in [0.29, 0.717) is 17.1 Å². The highest BCUT2D eigenvalue weighted by Crippen LogP contribution is 2.25. The molecule has 21 heavy (non-hydrogen) atoms. The predicted octanol–water partition coefficient (Wildman–Crippen LogP) is 2.78. The molecule has 0 aromatic heterocycles. The van der Waals surface area contributed by atoms with E-state index in [4.69, 9.17) is 14.7 Å². The second-order valence-corrected chi connectivity index (χ2v) is 4.31. The van der Waals surface area contributed by atoms with Gasteiger partial charge in [-0.3, -0.25) is 0 Å². The fourth-order valence-electron chi connectivity index (χ4n) is 1.88. The van der Waals surface area contributed by atoms with Crippen molar-refractivity contribution in [2.75, 3.05) is 7.11 Å². The zero-order chi connectivity index (χ0) is 15.2. The molecule has 0 fully saturated rings. The maximum Gasteiger partial charge on any atom is 0.147 e. The molecule has 0 aliphatic carbocycles. The van der Waals surface area contributed by atoms with Crippen molar-refractivity contribution >= 4 is 0 Å². The molecule has 0 spiro atoms.